The zero-order valence-corrected chi connectivity index (χ0v) is 11.2. The van der Waals surface area contributed by atoms with Gasteiger partial charge in [0.05, 0.1) is 18.2 Å². The summed E-state index contributed by atoms with van der Waals surface area (Å²) in [5.41, 5.74) is 0.0475. The Kier molecular flexibility index (Phi) is 4.16. The molecule has 0 aromatic carbocycles. The summed E-state index contributed by atoms with van der Waals surface area (Å²) in [6, 6.07) is 1.61. The normalized spacial score (nSPS) is 11.3. The van der Waals surface area contributed by atoms with Crippen molar-refractivity contribution in [2.45, 2.75) is 39.7 Å². The van der Waals surface area contributed by atoms with E-state index in [-0.39, 0.29) is 18.9 Å². The number of carbonyl (C=O) groups is 2. The van der Waals surface area contributed by atoms with Crippen molar-refractivity contribution in [3.05, 3.63) is 23.7 Å². The third-order valence-electron chi connectivity index (χ3n) is 2.69. The van der Waals surface area contributed by atoms with Crippen LogP contribution in [0.4, 0.5) is 0 Å². The first-order chi connectivity index (χ1) is 8.23. The van der Waals surface area contributed by atoms with Gasteiger partial charge in [0.25, 0.3) is 5.91 Å². The molecule has 1 aromatic heterocycles. The molecule has 0 unspecified atom stereocenters. The van der Waals surface area contributed by atoms with Crippen LogP contribution in [0.2, 0.25) is 0 Å². The summed E-state index contributed by atoms with van der Waals surface area (Å²) in [5.74, 6) is -0.569. The number of rotatable bonds is 4. The first-order valence-electron chi connectivity index (χ1n) is 5.81. The highest BCUT2D eigenvalue weighted by Gasteiger charge is 2.29. The minimum absolute atomic E-state index is 0.0695. The van der Waals surface area contributed by atoms with E-state index in [0.29, 0.717) is 11.3 Å². The van der Waals surface area contributed by atoms with Crippen LogP contribution in [0.5, 0.6) is 0 Å². The van der Waals surface area contributed by atoms with Gasteiger partial charge in [0, 0.05) is 12.1 Å². The van der Waals surface area contributed by atoms with Gasteiger partial charge in [-0.25, -0.2) is 0 Å². The third-order valence-corrected chi connectivity index (χ3v) is 2.69. The van der Waals surface area contributed by atoms with Crippen molar-refractivity contribution in [2.24, 2.45) is 0 Å². The molecule has 0 bridgehead atoms. The maximum Gasteiger partial charge on any atom is 0.305 e. The van der Waals surface area contributed by atoms with Crippen molar-refractivity contribution in [1.29, 1.82) is 0 Å². The van der Waals surface area contributed by atoms with Crippen LogP contribution in [0.3, 0.4) is 0 Å². The first-order valence-corrected chi connectivity index (χ1v) is 5.81. The summed E-state index contributed by atoms with van der Waals surface area (Å²) in [6.07, 6.45) is 1.39. The van der Waals surface area contributed by atoms with Gasteiger partial charge in [0.2, 0.25) is 0 Å². The molecule has 0 fully saturated rings. The second-order valence-corrected chi connectivity index (χ2v) is 5.16. The molecule has 1 N–H and O–H groups in total. The molecule has 0 atom stereocenters. The van der Waals surface area contributed by atoms with Gasteiger partial charge in [-0.1, -0.05) is 0 Å². The summed E-state index contributed by atoms with van der Waals surface area (Å²) in [6.45, 7) is 7.53. The van der Waals surface area contributed by atoms with E-state index in [2.05, 4.69) is 0 Å². The van der Waals surface area contributed by atoms with E-state index in [4.69, 9.17) is 9.52 Å². The Bertz CT molecular complexity index is 442. The summed E-state index contributed by atoms with van der Waals surface area (Å²) >= 11 is 0. The van der Waals surface area contributed by atoms with Crippen molar-refractivity contribution < 1.29 is 19.1 Å². The SMILES string of the molecule is Cc1occc1C(=O)N(CCC(=O)O)C(C)(C)C. The van der Waals surface area contributed by atoms with Crippen molar-refractivity contribution in [3.63, 3.8) is 0 Å². The lowest BCUT2D eigenvalue weighted by molar-refractivity contribution is -0.137. The summed E-state index contributed by atoms with van der Waals surface area (Å²) < 4.78 is 5.11. The Morgan fingerprint density at radius 3 is 2.39 bits per heavy atom. The zero-order valence-electron chi connectivity index (χ0n) is 11.2. The number of amides is 1. The molecule has 0 aliphatic carbocycles. The summed E-state index contributed by atoms with van der Waals surface area (Å²) in [5, 5.41) is 8.74. The lowest BCUT2D eigenvalue weighted by Gasteiger charge is -2.35. The highest BCUT2D eigenvalue weighted by atomic mass is 16.4. The van der Waals surface area contributed by atoms with Crippen molar-refractivity contribution in [3.8, 4) is 0 Å². The smallest absolute Gasteiger partial charge is 0.305 e. The highest BCUT2D eigenvalue weighted by Crippen LogP contribution is 2.20. The maximum absolute atomic E-state index is 12.4. The topological polar surface area (TPSA) is 70.8 Å². The molecule has 1 amide bonds. The van der Waals surface area contributed by atoms with Gasteiger partial charge >= 0.3 is 5.97 Å². The Balaban J connectivity index is 2.94. The van der Waals surface area contributed by atoms with Gasteiger partial charge < -0.3 is 14.4 Å². The third kappa shape index (κ3) is 3.35. The number of nitrogens with zero attached hydrogens (tertiary/aromatic N) is 1. The van der Waals surface area contributed by atoms with Crippen LogP contribution in [0, 0.1) is 6.92 Å². The Morgan fingerprint density at radius 1 is 1.39 bits per heavy atom. The molecule has 0 aliphatic heterocycles. The predicted octanol–water partition coefficient (Wildman–Crippen LogP) is 2.30. The van der Waals surface area contributed by atoms with Crippen molar-refractivity contribution >= 4 is 11.9 Å². The maximum atomic E-state index is 12.4. The summed E-state index contributed by atoms with van der Waals surface area (Å²) in [4.78, 5) is 24.6. The van der Waals surface area contributed by atoms with E-state index in [1.807, 2.05) is 20.8 Å². The van der Waals surface area contributed by atoms with E-state index in [0.717, 1.165) is 0 Å². The largest absolute Gasteiger partial charge is 0.481 e. The number of hydrogen-bond donors (Lipinski definition) is 1. The molecule has 5 heteroatoms. The number of furan rings is 1. The quantitative estimate of drug-likeness (QED) is 0.893. The lowest BCUT2D eigenvalue weighted by atomic mass is 10.0. The van der Waals surface area contributed by atoms with Gasteiger partial charge in [-0.15, -0.1) is 0 Å². The predicted molar refractivity (Wildman–Crippen MR) is 66.5 cm³/mol. The van der Waals surface area contributed by atoms with E-state index in [1.54, 1.807) is 17.9 Å². The van der Waals surface area contributed by atoms with Crippen molar-refractivity contribution in [1.82, 2.24) is 4.90 Å². The minimum Gasteiger partial charge on any atom is -0.481 e. The van der Waals surface area contributed by atoms with Crippen LogP contribution < -0.4 is 0 Å². The molecule has 0 aliphatic rings. The van der Waals surface area contributed by atoms with E-state index >= 15 is 0 Å². The number of carbonyl (C=O) groups excluding carboxylic acids is 1. The standard InChI is InChI=1S/C13H19NO4/c1-9-10(6-8-18-9)12(17)14(13(2,3)4)7-5-11(15)16/h6,8H,5,7H2,1-4H3,(H,15,16). The monoisotopic (exact) mass is 253 g/mol. The number of aryl methyl sites for hydroxylation is 1. The van der Waals surface area contributed by atoms with Gasteiger partial charge in [-0.3, -0.25) is 9.59 Å². The zero-order chi connectivity index (χ0) is 13.9. The van der Waals surface area contributed by atoms with Gasteiger partial charge in [0.1, 0.15) is 5.76 Å². The van der Waals surface area contributed by atoms with Gasteiger partial charge in [-0.2, -0.15) is 0 Å². The number of hydrogen-bond acceptors (Lipinski definition) is 3. The Hall–Kier alpha value is -1.78. The molecule has 0 saturated heterocycles. The van der Waals surface area contributed by atoms with Gasteiger partial charge in [-0.05, 0) is 33.8 Å². The molecule has 1 heterocycles. The second-order valence-electron chi connectivity index (χ2n) is 5.16. The van der Waals surface area contributed by atoms with Gasteiger partial charge in [0.15, 0.2) is 0 Å². The van der Waals surface area contributed by atoms with Crippen molar-refractivity contribution in [2.75, 3.05) is 6.54 Å². The molecule has 5 nitrogen and oxygen atoms in total. The molecule has 0 saturated carbocycles. The van der Waals surface area contributed by atoms with Crippen LogP contribution in [-0.2, 0) is 4.79 Å². The Labute approximate surface area is 106 Å². The molecule has 1 rings (SSSR count). The van der Waals surface area contributed by atoms with Crippen LogP contribution in [0.1, 0.15) is 43.3 Å². The average Bonchev–Trinajstić information content (AvgIpc) is 2.61. The fourth-order valence-electron chi connectivity index (χ4n) is 1.70. The van der Waals surface area contributed by atoms with E-state index in [1.165, 1.54) is 6.26 Å². The molecule has 0 radical (unpaired) electrons. The molecular formula is C13H19NO4. The minimum atomic E-state index is -0.916. The fourth-order valence-corrected chi connectivity index (χ4v) is 1.70. The molecule has 18 heavy (non-hydrogen) atoms. The second kappa shape index (κ2) is 5.25. The van der Waals surface area contributed by atoms with E-state index < -0.39 is 11.5 Å². The number of carboxylic acids is 1. The number of aliphatic carboxylic acids is 1. The van der Waals surface area contributed by atoms with Crippen LogP contribution in [0.25, 0.3) is 0 Å². The van der Waals surface area contributed by atoms with E-state index in [9.17, 15) is 9.59 Å². The summed E-state index contributed by atoms with van der Waals surface area (Å²) in [7, 11) is 0. The Morgan fingerprint density at radius 2 is 2.00 bits per heavy atom. The highest BCUT2D eigenvalue weighted by molar-refractivity contribution is 5.95. The van der Waals surface area contributed by atoms with Crippen LogP contribution >= 0.6 is 0 Å². The van der Waals surface area contributed by atoms with Crippen LogP contribution in [0.15, 0.2) is 16.7 Å². The molecule has 100 valence electrons. The molecule has 0 spiro atoms. The number of carboxylic acid groups (broad SMARTS) is 1. The average molecular weight is 253 g/mol. The first kappa shape index (κ1) is 14.3. The molecule has 1 aromatic rings. The lowest BCUT2D eigenvalue weighted by Crippen LogP contribution is -2.46. The fraction of sp³-hybridized carbons (Fsp3) is 0.538. The molecular weight excluding hydrogens is 234 g/mol. The van der Waals surface area contributed by atoms with Crippen LogP contribution in [-0.4, -0.2) is 34.0 Å².